The lowest BCUT2D eigenvalue weighted by atomic mass is 10.1. The third-order valence-electron chi connectivity index (χ3n) is 3.76. The lowest BCUT2D eigenvalue weighted by Crippen LogP contribution is -2.41. The second-order valence-electron chi connectivity index (χ2n) is 5.38. The van der Waals surface area contributed by atoms with Crippen molar-refractivity contribution in [2.75, 3.05) is 0 Å². The van der Waals surface area contributed by atoms with Gasteiger partial charge in [-0.1, -0.05) is 12.1 Å². The SMILES string of the molecule is C=CCCC(NC(=O)C1CC1c1ccc(F)cc1F)C(=O)O. The Morgan fingerprint density at radius 3 is 2.77 bits per heavy atom. The minimum atomic E-state index is -1.11. The summed E-state index contributed by atoms with van der Waals surface area (Å²) in [5.41, 5.74) is 0.291. The van der Waals surface area contributed by atoms with Crippen LogP contribution in [-0.2, 0) is 9.59 Å². The van der Waals surface area contributed by atoms with Crippen LogP contribution >= 0.6 is 0 Å². The van der Waals surface area contributed by atoms with Crippen molar-refractivity contribution in [2.45, 2.75) is 31.2 Å². The van der Waals surface area contributed by atoms with Crippen molar-refractivity contribution in [2.24, 2.45) is 5.92 Å². The molecule has 3 unspecified atom stereocenters. The fourth-order valence-corrected chi connectivity index (χ4v) is 2.45. The van der Waals surface area contributed by atoms with Crippen LogP contribution in [0.4, 0.5) is 8.78 Å². The van der Waals surface area contributed by atoms with Gasteiger partial charge in [0.2, 0.25) is 5.91 Å². The van der Waals surface area contributed by atoms with Crippen LogP contribution in [0.3, 0.4) is 0 Å². The molecule has 1 aliphatic rings. The summed E-state index contributed by atoms with van der Waals surface area (Å²) in [5.74, 6) is -3.66. The van der Waals surface area contributed by atoms with Crippen LogP contribution in [0.5, 0.6) is 0 Å². The van der Waals surface area contributed by atoms with E-state index in [1.807, 2.05) is 0 Å². The quantitative estimate of drug-likeness (QED) is 0.761. The highest BCUT2D eigenvalue weighted by Crippen LogP contribution is 2.48. The number of aliphatic carboxylic acids is 1. The standard InChI is InChI=1S/C16H17F2NO3/c1-2-3-4-14(16(21)22)19-15(20)12-8-11(12)10-6-5-9(17)7-13(10)18/h2,5-7,11-12,14H,1,3-4,8H2,(H,19,20)(H,21,22). The van der Waals surface area contributed by atoms with Gasteiger partial charge in [0.15, 0.2) is 0 Å². The predicted octanol–water partition coefficient (Wildman–Crippen LogP) is 2.60. The van der Waals surface area contributed by atoms with E-state index in [4.69, 9.17) is 5.11 Å². The van der Waals surface area contributed by atoms with Crippen molar-refractivity contribution in [3.05, 3.63) is 48.1 Å². The van der Waals surface area contributed by atoms with Crippen LogP contribution in [0, 0.1) is 17.6 Å². The van der Waals surface area contributed by atoms with Gasteiger partial charge in [-0.05, 0) is 36.8 Å². The van der Waals surface area contributed by atoms with E-state index in [2.05, 4.69) is 11.9 Å². The number of nitrogens with one attached hydrogen (secondary N) is 1. The highest BCUT2D eigenvalue weighted by atomic mass is 19.1. The normalized spacial score (nSPS) is 21.0. The smallest absolute Gasteiger partial charge is 0.326 e. The first-order valence-electron chi connectivity index (χ1n) is 7.03. The number of allylic oxidation sites excluding steroid dienone is 1. The van der Waals surface area contributed by atoms with Crippen LogP contribution in [-0.4, -0.2) is 23.0 Å². The molecule has 1 aromatic rings. The van der Waals surface area contributed by atoms with Crippen LogP contribution in [0.1, 0.15) is 30.7 Å². The Labute approximate surface area is 126 Å². The van der Waals surface area contributed by atoms with Crippen molar-refractivity contribution in [3.63, 3.8) is 0 Å². The van der Waals surface area contributed by atoms with Crippen LogP contribution in [0.25, 0.3) is 0 Å². The van der Waals surface area contributed by atoms with Gasteiger partial charge < -0.3 is 10.4 Å². The van der Waals surface area contributed by atoms with E-state index in [0.717, 1.165) is 12.1 Å². The van der Waals surface area contributed by atoms with Crippen molar-refractivity contribution in [1.29, 1.82) is 0 Å². The van der Waals surface area contributed by atoms with Gasteiger partial charge in [0.1, 0.15) is 17.7 Å². The maximum atomic E-state index is 13.7. The number of amides is 1. The van der Waals surface area contributed by atoms with Gasteiger partial charge in [0.25, 0.3) is 0 Å². The number of carbonyl (C=O) groups excluding carboxylic acids is 1. The van der Waals surface area contributed by atoms with E-state index in [1.165, 1.54) is 6.07 Å². The molecule has 118 valence electrons. The van der Waals surface area contributed by atoms with E-state index >= 15 is 0 Å². The molecule has 1 fully saturated rings. The molecule has 0 bridgehead atoms. The Bertz CT molecular complexity index is 603. The minimum Gasteiger partial charge on any atom is -0.480 e. The number of benzene rings is 1. The fraction of sp³-hybridized carbons (Fsp3) is 0.375. The molecule has 1 aliphatic carbocycles. The van der Waals surface area contributed by atoms with E-state index < -0.39 is 35.5 Å². The van der Waals surface area contributed by atoms with Gasteiger partial charge in [-0.2, -0.15) is 0 Å². The van der Waals surface area contributed by atoms with Crippen LogP contribution in [0.15, 0.2) is 30.9 Å². The molecular weight excluding hydrogens is 292 g/mol. The zero-order chi connectivity index (χ0) is 16.3. The highest BCUT2D eigenvalue weighted by molar-refractivity contribution is 5.87. The summed E-state index contributed by atoms with van der Waals surface area (Å²) in [5, 5.41) is 11.5. The molecule has 1 aromatic carbocycles. The summed E-state index contributed by atoms with van der Waals surface area (Å²) in [7, 11) is 0. The summed E-state index contributed by atoms with van der Waals surface area (Å²) in [6.45, 7) is 3.51. The average molecular weight is 309 g/mol. The Morgan fingerprint density at radius 1 is 1.45 bits per heavy atom. The van der Waals surface area contributed by atoms with E-state index in [9.17, 15) is 18.4 Å². The van der Waals surface area contributed by atoms with Gasteiger partial charge in [-0.25, -0.2) is 13.6 Å². The second kappa shape index (κ2) is 6.68. The maximum Gasteiger partial charge on any atom is 0.326 e. The first-order valence-corrected chi connectivity index (χ1v) is 7.03. The third-order valence-corrected chi connectivity index (χ3v) is 3.76. The second-order valence-corrected chi connectivity index (χ2v) is 5.38. The lowest BCUT2D eigenvalue weighted by Gasteiger charge is -2.13. The van der Waals surface area contributed by atoms with Gasteiger partial charge in [-0.15, -0.1) is 6.58 Å². The maximum absolute atomic E-state index is 13.7. The molecule has 1 saturated carbocycles. The molecule has 6 heteroatoms. The molecule has 2 rings (SSSR count). The summed E-state index contributed by atoms with van der Waals surface area (Å²) in [4.78, 5) is 23.1. The monoisotopic (exact) mass is 309 g/mol. The van der Waals surface area contributed by atoms with Gasteiger partial charge >= 0.3 is 5.97 Å². The molecule has 4 nitrogen and oxygen atoms in total. The summed E-state index contributed by atoms with van der Waals surface area (Å²) >= 11 is 0. The van der Waals surface area contributed by atoms with Gasteiger partial charge in [-0.3, -0.25) is 4.79 Å². The van der Waals surface area contributed by atoms with Gasteiger partial charge in [0.05, 0.1) is 0 Å². The molecule has 0 aliphatic heterocycles. The Morgan fingerprint density at radius 2 is 2.18 bits per heavy atom. The molecule has 1 amide bonds. The summed E-state index contributed by atoms with van der Waals surface area (Å²) in [6, 6.07) is 2.28. The van der Waals surface area contributed by atoms with Crippen LogP contribution in [0.2, 0.25) is 0 Å². The predicted molar refractivity (Wildman–Crippen MR) is 76.2 cm³/mol. The number of carboxylic acid groups (broad SMARTS) is 1. The van der Waals surface area contributed by atoms with Crippen molar-refractivity contribution < 1.29 is 23.5 Å². The number of carboxylic acids is 1. The molecule has 2 N–H and O–H groups in total. The minimum absolute atomic E-state index is 0.257. The third kappa shape index (κ3) is 3.69. The highest BCUT2D eigenvalue weighted by Gasteiger charge is 2.46. The molecule has 0 saturated heterocycles. The van der Waals surface area contributed by atoms with Crippen molar-refractivity contribution in [3.8, 4) is 0 Å². The first-order chi connectivity index (χ1) is 10.4. The average Bonchev–Trinajstić information content (AvgIpc) is 3.23. The zero-order valence-corrected chi connectivity index (χ0v) is 11.9. The molecule has 22 heavy (non-hydrogen) atoms. The molecule has 3 atom stereocenters. The van der Waals surface area contributed by atoms with Crippen LogP contribution < -0.4 is 5.32 Å². The Balaban J connectivity index is 1.97. The molecule has 0 spiro atoms. The number of hydrogen-bond acceptors (Lipinski definition) is 2. The number of hydrogen-bond donors (Lipinski definition) is 2. The Kier molecular flexibility index (Phi) is 4.90. The first kappa shape index (κ1) is 16.1. The molecular formula is C16H17F2NO3. The molecule has 0 aromatic heterocycles. The fourth-order valence-electron chi connectivity index (χ4n) is 2.45. The largest absolute Gasteiger partial charge is 0.480 e. The van der Waals surface area contributed by atoms with E-state index in [0.29, 0.717) is 18.4 Å². The van der Waals surface area contributed by atoms with Gasteiger partial charge in [0, 0.05) is 12.0 Å². The molecule has 0 radical (unpaired) electrons. The van der Waals surface area contributed by atoms with Crippen molar-refractivity contribution in [1.82, 2.24) is 5.32 Å². The molecule has 0 heterocycles. The zero-order valence-electron chi connectivity index (χ0n) is 11.9. The van der Waals surface area contributed by atoms with Crippen molar-refractivity contribution >= 4 is 11.9 Å². The topological polar surface area (TPSA) is 66.4 Å². The summed E-state index contributed by atoms with van der Waals surface area (Å²) in [6.07, 6.45) is 2.74. The number of carbonyl (C=O) groups is 2. The number of rotatable bonds is 7. The lowest BCUT2D eigenvalue weighted by molar-refractivity contribution is -0.142. The summed E-state index contributed by atoms with van der Waals surface area (Å²) < 4.78 is 26.5. The number of halogens is 2. The van der Waals surface area contributed by atoms with E-state index in [-0.39, 0.29) is 12.3 Å². The van der Waals surface area contributed by atoms with E-state index in [1.54, 1.807) is 6.08 Å². The Hall–Kier alpha value is -2.24.